The Balaban J connectivity index is 0.00000220. The van der Waals surface area contributed by atoms with E-state index in [1.165, 1.54) is 25.7 Å². The van der Waals surface area contributed by atoms with Gasteiger partial charge >= 0.3 is 0 Å². The molecule has 1 amide bonds. The summed E-state index contributed by atoms with van der Waals surface area (Å²) in [5, 5.41) is 3.25. The molecule has 0 aliphatic carbocycles. The molecule has 1 atom stereocenters. The lowest BCUT2D eigenvalue weighted by atomic mass is 9.96. The molecule has 0 aromatic carbocycles. The van der Waals surface area contributed by atoms with Crippen LogP contribution in [0.1, 0.15) is 45.4 Å². The minimum absolute atomic E-state index is 0. The van der Waals surface area contributed by atoms with Crippen LogP contribution in [0, 0.1) is 5.92 Å². The van der Waals surface area contributed by atoms with E-state index in [9.17, 15) is 4.79 Å². The van der Waals surface area contributed by atoms with Gasteiger partial charge in [-0.05, 0) is 65.2 Å². The summed E-state index contributed by atoms with van der Waals surface area (Å²) in [7, 11) is 2.01. The van der Waals surface area contributed by atoms with Gasteiger partial charge in [0.15, 0.2) is 0 Å². The number of hydrogen-bond donors (Lipinski definition) is 1. The monoisotopic (exact) mass is 353 g/mol. The summed E-state index contributed by atoms with van der Waals surface area (Å²) in [5.74, 6) is 1.10. The highest BCUT2D eigenvalue weighted by atomic mass is 35.5. The van der Waals surface area contributed by atoms with E-state index in [1.807, 2.05) is 7.05 Å². The molecule has 2 saturated heterocycles. The number of carbonyl (C=O) groups excluding carboxylic acids is 1. The Kier molecular flexibility index (Phi) is 11.5. The first-order valence-electron chi connectivity index (χ1n) is 8.40. The van der Waals surface area contributed by atoms with Gasteiger partial charge in [0, 0.05) is 13.1 Å². The molecule has 6 heteroatoms. The molecule has 0 bridgehead atoms. The van der Waals surface area contributed by atoms with Gasteiger partial charge in [0.05, 0.1) is 6.04 Å². The standard InChI is InChI=1S/C16H31N3O.2ClH/c1-14(18-9-5-3-4-6-10-18)16(20)19-11-7-15(8-12-19)13-17-2;;/h14-15,17H,3-13H2,1-2H3;2*1H. The predicted molar refractivity (Wildman–Crippen MR) is 97.2 cm³/mol. The molecule has 2 heterocycles. The van der Waals surface area contributed by atoms with Crippen molar-refractivity contribution in [1.82, 2.24) is 15.1 Å². The van der Waals surface area contributed by atoms with Crippen LogP contribution in [0.5, 0.6) is 0 Å². The number of carbonyl (C=O) groups is 1. The second-order valence-electron chi connectivity index (χ2n) is 6.45. The zero-order valence-electron chi connectivity index (χ0n) is 14.1. The molecule has 0 radical (unpaired) electrons. The fourth-order valence-electron chi connectivity index (χ4n) is 3.55. The topological polar surface area (TPSA) is 35.6 Å². The maximum Gasteiger partial charge on any atom is 0.239 e. The second-order valence-corrected chi connectivity index (χ2v) is 6.45. The average Bonchev–Trinajstić information content (AvgIpc) is 2.76. The van der Waals surface area contributed by atoms with Gasteiger partial charge in [0.25, 0.3) is 0 Å². The molecule has 4 nitrogen and oxygen atoms in total. The smallest absolute Gasteiger partial charge is 0.239 e. The largest absolute Gasteiger partial charge is 0.341 e. The van der Waals surface area contributed by atoms with Gasteiger partial charge in [-0.25, -0.2) is 0 Å². The zero-order valence-corrected chi connectivity index (χ0v) is 15.7. The van der Waals surface area contributed by atoms with Crippen molar-refractivity contribution in [1.29, 1.82) is 0 Å². The van der Waals surface area contributed by atoms with Crippen molar-refractivity contribution in [2.45, 2.75) is 51.5 Å². The first-order chi connectivity index (χ1) is 9.72. The fourth-order valence-corrected chi connectivity index (χ4v) is 3.55. The fraction of sp³-hybridized carbons (Fsp3) is 0.938. The molecule has 1 unspecified atom stereocenters. The SMILES string of the molecule is CNCC1CCN(C(=O)C(C)N2CCCCCC2)CC1.Cl.Cl. The van der Waals surface area contributed by atoms with E-state index in [-0.39, 0.29) is 30.9 Å². The third-order valence-electron chi connectivity index (χ3n) is 4.96. The number of likely N-dealkylation sites (tertiary alicyclic amines) is 2. The Morgan fingerprint density at radius 2 is 1.59 bits per heavy atom. The van der Waals surface area contributed by atoms with Crippen LogP contribution in [0.3, 0.4) is 0 Å². The molecule has 2 fully saturated rings. The van der Waals surface area contributed by atoms with Crippen LogP contribution in [0.4, 0.5) is 0 Å². The number of piperidine rings is 1. The van der Waals surface area contributed by atoms with E-state index < -0.39 is 0 Å². The Morgan fingerprint density at radius 1 is 1.05 bits per heavy atom. The Morgan fingerprint density at radius 3 is 2.09 bits per heavy atom. The summed E-state index contributed by atoms with van der Waals surface area (Å²) in [6.07, 6.45) is 7.46. The minimum Gasteiger partial charge on any atom is -0.341 e. The highest BCUT2D eigenvalue weighted by Crippen LogP contribution is 2.19. The first kappa shape index (κ1) is 22.0. The lowest BCUT2D eigenvalue weighted by Gasteiger charge is -2.36. The maximum atomic E-state index is 12.6. The van der Waals surface area contributed by atoms with Crippen molar-refractivity contribution in [3.05, 3.63) is 0 Å². The van der Waals surface area contributed by atoms with Crippen molar-refractivity contribution >= 4 is 30.7 Å². The van der Waals surface area contributed by atoms with Gasteiger partial charge in [-0.1, -0.05) is 12.8 Å². The summed E-state index contributed by atoms with van der Waals surface area (Å²) < 4.78 is 0. The van der Waals surface area contributed by atoms with E-state index in [0.29, 0.717) is 5.91 Å². The van der Waals surface area contributed by atoms with E-state index in [0.717, 1.165) is 51.5 Å². The summed E-state index contributed by atoms with van der Waals surface area (Å²) in [5.41, 5.74) is 0. The summed E-state index contributed by atoms with van der Waals surface area (Å²) in [6.45, 7) is 7.29. The number of amides is 1. The van der Waals surface area contributed by atoms with Crippen molar-refractivity contribution < 1.29 is 4.79 Å². The van der Waals surface area contributed by atoms with E-state index in [2.05, 4.69) is 22.0 Å². The summed E-state index contributed by atoms with van der Waals surface area (Å²) in [6, 6.07) is 0.0777. The number of nitrogens with zero attached hydrogens (tertiary/aromatic N) is 2. The molecule has 0 saturated carbocycles. The predicted octanol–water partition coefficient (Wildman–Crippen LogP) is 2.55. The van der Waals surface area contributed by atoms with Crippen LogP contribution >= 0.6 is 24.8 Å². The third kappa shape index (κ3) is 6.23. The lowest BCUT2D eigenvalue weighted by molar-refractivity contribution is -0.137. The van der Waals surface area contributed by atoms with Crippen molar-refractivity contribution in [3.63, 3.8) is 0 Å². The highest BCUT2D eigenvalue weighted by Gasteiger charge is 2.29. The number of nitrogens with one attached hydrogen (secondary N) is 1. The number of rotatable bonds is 4. The van der Waals surface area contributed by atoms with E-state index >= 15 is 0 Å². The van der Waals surface area contributed by atoms with Crippen LogP contribution < -0.4 is 5.32 Å². The maximum absolute atomic E-state index is 12.6. The molecule has 2 aliphatic heterocycles. The third-order valence-corrected chi connectivity index (χ3v) is 4.96. The van der Waals surface area contributed by atoms with Gasteiger partial charge in [0.2, 0.25) is 5.91 Å². The van der Waals surface area contributed by atoms with Gasteiger partial charge in [-0.15, -0.1) is 24.8 Å². The minimum atomic E-state index is 0. The van der Waals surface area contributed by atoms with Crippen LogP contribution in [0.25, 0.3) is 0 Å². The Hall–Kier alpha value is -0.0300. The molecule has 132 valence electrons. The van der Waals surface area contributed by atoms with E-state index in [1.54, 1.807) is 0 Å². The Labute approximate surface area is 148 Å². The quantitative estimate of drug-likeness (QED) is 0.843. The van der Waals surface area contributed by atoms with Crippen LogP contribution in [0.2, 0.25) is 0 Å². The highest BCUT2D eigenvalue weighted by molar-refractivity contribution is 5.85. The lowest BCUT2D eigenvalue weighted by Crippen LogP contribution is -2.50. The van der Waals surface area contributed by atoms with Gasteiger partial charge < -0.3 is 10.2 Å². The second kappa shape index (κ2) is 11.5. The molecule has 0 spiro atoms. The van der Waals surface area contributed by atoms with Gasteiger partial charge in [0.1, 0.15) is 0 Å². The van der Waals surface area contributed by atoms with Crippen LogP contribution in [0.15, 0.2) is 0 Å². The molecular weight excluding hydrogens is 321 g/mol. The Bertz CT molecular complexity index is 302. The zero-order chi connectivity index (χ0) is 14.4. The number of halogens is 2. The average molecular weight is 354 g/mol. The summed E-state index contributed by atoms with van der Waals surface area (Å²) >= 11 is 0. The normalized spacial score (nSPS) is 22.2. The van der Waals surface area contributed by atoms with Crippen LogP contribution in [-0.2, 0) is 4.79 Å². The molecule has 2 rings (SSSR count). The van der Waals surface area contributed by atoms with E-state index in [4.69, 9.17) is 0 Å². The van der Waals surface area contributed by atoms with Crippen molar-refractivity contribution in [2.75, 3.05) is 39.8 Å². The molecule has 0 aromatic rings. The number of hydrogen-bond acceptors (Lipinski definition) is 3. The first-order valence-corrected chi connectivity index (χ1v) is 8.40. The molecule has 22 heavy (non-hydrogen) atoms. The van der Waals surface area contributed by atoms with Crippen molar-refractivity contribution in [3.8, 4) is 0 Å². The molecular formula is C16H33Cl2N3O. The summed E-state index contributed by atoms with van der Waals surface area (Å²) in [4.78, 5) is 17.1. The molecule has 1 N–H and O–H groups in total. The van der Waals surface area contributed by atoms with Gasteiger partial charge in [-0.2, -0.15) is 0 Å². The van der Waals surface area contributed by atoms with Gasteiger partial charge in [-0.3, -0.25) is 9.69 Å². The van der Waals surface area contributed by atoms with Crippen LogP contribution in [-0.4, -0.2) is 61.5 Å². The molecule has 2 aliphatic rings. The molecule has 0 aromatic heterocycles. The van der Waals surface area contributed by atoms with Crippen molar-refractivity contribution in [2.24, 2.45) is 5.92 Å².